The summed E-state index contributed by atoms with van der Waals surface area (Å²) in [6.07, 6.45) is 2.65. The minimum Gasteiger partial charge on any atom is -0.481 e. The lowest BCUT2D eigenvalue weighted by atomic mass is 9.83. The van der Waals surface area contributed by atoms with Gasteiger partial charge in [0, 0.05) is 30.7 Å². The van der Waals surface area contributed by atoms with Crippen LogP contribution in [0.3, 0.4) is 0 Å². The van der Waals surface area contributed by atoms with E-state index in [1.54, 1.807) is 24.3 Å². The summed E-state index contributed by atoms with van der Waals surface area (Å²) in [5.41, 5.74) is 3.52. The van der Waals surface area contributed by atoms with Crippen molar-refractivity contribution in [1.29, 1.82) is 0 Å². The molecule has 1 saturated heterocycles. The first kappa shape index (κ1) is 27.3. The van der Waals surface area contributed by atoms with Crippen molar-refractivity contribution in [2.75, 3.05) is 13.2 Å². The molecule has 4 rings (SSSR count). The number of hydrogen-bond acceptors (Lipinski definition) is 4. The van der Waals surface area contributed by atoms with Crippen molar-refractivity contribution in [2.24, 2.45) is 0 Å². The molecule has 0 aliphatic carbocycles. The van der Waals surface area contributed by atoms with E-state index in [1.165, 1.54) is 12.1 Å². The van der Waals surface area contributed by atoms with Gasteiger partial charge >= 0.3 is 5.97 Å². The van der Waals surface area contributed by atoms with Gasteiger partial charge in [0.15, 0.2) is 0 Å². The molecule has 1 heterocycles. The molecule has 0 unspecified atom stereocenters. The maximum absolute atomic E-state index is 13.7. The van der Waals surface area contributed by atoms with E-state index in [1.807, 2.05) is 32.0 Å². The fourth-order valence-electron chi connectivity index (χ4n) is 5.00. The fourth-order valence-corrected chi connectivity index (χ4v) is 5.00. The van der Waals surface area contributed by atoms with Gasteiger partial charge in [-0.1, -0.05) is 24.3 Å². The van der Waals surface area contributed by atoms with Crippen LogP contribution in [0.15, 0.2) is 60.7 Å². The Balaban J connectivity index is 1.59. The number of hydrogen-bond donors (Lipinski definition) is 2. The second-order valence-electron chi connectivity index (χ2n) is 10.1. The first-order chi connectivity index (χ1) is 18.2. The van der Waals surface area contributed by atoms with Crippen LogP contribution >= 0.6 is 0 Å². The highest BCUT2D eigenvalue weighted by Gasteiger charge is 2.34. The summed E-state index contributed by atoms with van der Waals surface area (Å²) in [4.78, 5) is 25.0. The zero-order chi connectivity index (χ0) is 27.1. The summed E-state index contributed by atoms with van der Waals surface area (Å²) in [6, 6.07) is 17.6. The Morgan fingerprint density at radius 1 is 0.974 bits per heavy atom. The number of aliphatic carboxylic acids is 1. The summed E-state index contributed by atoms with van der Waals surface area (Å²) in [7, 11) is 0. The molecule has 7 heteroatoms. The second-order valence-corrected chi connectivity index (χ2v) is 10.1. The Bertz CT molecular complexity index is 1280. The molecule has 1 aliphatic heterocycles. The molecule has 1 amide bonds. The number of ether oxygens (including phenoxy) is 2. The molecule has 2 N–H and O–H groups in total. The Morgan fingerprint density at radius 2 is 1.71 bits per heavy atom. The highest BCUT2D eigenvalue weighted by Crippen LogP contribution is 2.30. The van der Waals surface area contributed by atoms with E-state index in [-0.39, 0.29) is 24.6 Å². The number of carbonyl (C=O) groups is 2. The zero-order valence-electron chi connectivity index (χ0n) is 21.9. The van der Waals surface area contributed by atoms with Gasteiger partial charge in [0.05, 0.1) is 0 Å². The summed E-state index contributed by atoms with van der Waals surface area (Å²) in [5.74, 6) is -0.320. The molecule has 0 aromatic heterocycles. The van der Waals surface area contributed by atoms with Crippen molar-refractivity contribution in [1.82, 2.24) is 5.32 Å². The van der Waals surface area contributed by atoms with Crippen LogP contribution in [-0.4, -0.2) is 35.7 Å². The zero-order valence-corrected chi connectivity index (χ0v) is 21.9. The van der Waals surface area contributed by atoms with E-state index in [0.29, 0.717) is 61.5 Å². The SMILES string of the molecule is Cc1cc(C)cc(Oc2ccc(CCC(=O)O)c(C(=O)NC3(CCc4cccc(F)c4)CCOCC3)c2)c1. The lowest BCUT2D eigenvalue weighted by Crippen LogP contribution is -2.52. The minimum absolute atomic E-state index is 0.0872. The van der Waals surface area contributed by atoms with Gasteiger partial charge in [0.25, 0.3) is 5.91 Å². The van der Waals surface area contributed by atoms with E-state index in [2.05, 4.69) is 11.4 Å². The third-order valence-electron chi connectivity index (χ3n) is 6.97. The van der Waals surface area contributed by atoms with Gasteiger partial charge in [-0.2, -0.15) is 0 Å². The number of amides is 1. The summed E-state index contributed by atoms with van der Waals surface area (Å²) >= 11 is 0. The van der Waals surface area contributed by atoms with Crippen LogP contribution in [0.4, 0.5) is 4.39 Å². The maximum atomic E-state index is 13.7. The molecule has 3 aromatic rings. The standard InChI is InChI=1S/C31H34FNO5/c1-21-16-22(2)18-27(17-21)38-26-8-6-24(7-9-29(34)35)28(20-26)30(36)33-31(12-14-37-15-13-31)11-10-23-4-3-5-25(32)19-23/h3-6,8,16-20H,7,9-15H2,1-2H3,(H,33,36)(H,34,35). The Hall–Kier alpha value is -3.71. The smallest absolute Gasteiger partial charge is 0.303 e. The molecule has 38 heavy (non-hydrogen) atoms. The van der Waals surface area contributed by atoms with E-state index in [9.17, 15) is 19.1 Å². The number of aryl methyl sites for hydroxylation is 4. The lowest BCUT2D eigenvalue weighted by Gasteiger charge is -2.38. The fraction of sp³-hybridized carbons (Fsp3) is 0.355. The number of carboxylic acid groups (broad SMARTS) is 1. The number of rotatable bonds is 10. The molecular formula is C31H34FNO5. The maximum Gasteiger partial charge on any atom is 0.303 e. The van der Waals surface area contributed by atoms with Crippen molar-refractivity contribution in [3.8, 4) is 11.5 Å². The van der Waals surface area contributed by atoms with Gasteiger partial charge < -0.3 is 19.9 Å². The molecule has 0 radical (unpaired) electrons. The van der Waals surface area contributed by atoms with Crippen molar-refractivity contribution >= 4 is 11.9 Å². The third kappa shape index (κ3) is 7.42. The molecular weight excluding hydrogens is 485 g/mol. The van der Waals surface area contributed by atoms with Crippen LogP contribution in [0.25, 0.3) is 0 Å². The number of nitrogens with one attached hydrogen (secondary N) is 1. The molecule has 6 nitrogen and oxygen atoms in total. The summed E-state index contributed by atoms with van der Waals surface area (Å²) < 4.78 is 25.4. The normalized spacial score (nSPS) is 14.6. The Morgan fingerprint density at radius 3 is 2.39 bits per heavy atom. The highest BCUT2D eigenvalue weighted by atomic mass is 19.1. The molecule has 200 valence electrons. The average Bonchev–Trinajstić information content (AvgIpc) is 2.87. The third-order valence-corrected chi connectivity index (χ3v) is 6.97. The molecule has 0 saturated carbocycles. The van der Waals surface area contributed by atoms with Crippen molar-refractivity contribution < 1.29 is 28.6 Å². The first-order valence-corrected chi connectivity index (χ1v) is 13.0. The summed E-state index contributed by atoms with van der Waals surface area (Å²) in [5, 5.41) is 12.5. The van der Waals surface area contributed by atoms with Gasteiger partial charge in [-0.25, -0.2) is 4.39 Å². The van der Waals surface area contributed by atoms with Crippen LogP contribution in [0.5, 0.6) is 11.5 Å². The van der Waals surface area contributed by atoms with E-state index < -0.39 is 11.5 Å². The molecule has 3 aromatic carbocycles. The predicted octanol–water partition coefficient (Wildman–Crippen LogP) is 6.16. The topological polar surface area (TPSA) is 84.9 Å². The first-order valence-electron chi connectivity index (χ1n) is 13.0. The molecule has 1 fully saturated rings. The van der Waals surface area contributed by atoms with Gasteiger partial charge in [0.1, 0.15) is 17.3 Å². The highest BCUT2D eigenvalue weighted by molar-refractivity contribution is 5.96. The molecule has 0 bridgehead atoms. The van der Waals surface area contributed by atoms with Gasteiger partial charge in [-0.15, -0.1) is 0 Å². The monoisotopic (exact) mass is 519 g/mol. The molecule has 0 spiro atoms. The van der Waals surface area contributed by atoms with Crippen LogP contribution < -0.4 is 10.1 Å². The predicted molar refractivity (Wildman–Crippen MR) is 143 cm³/mol. The Labute approximate surface area is 222 Å². The van der Waals surface area contributed by atoms with E-state index >= 15 is 0 Å². The van der Waals surface area contributed by atoms with E-state index in [4.69, 9.17) is 9.47 Å². The second kappa shape index (κ2) is 12.2. The van der Waals surface area contributed by atoms with Gasteiger partial charge in [0.2, 0.25) is 0 Å². The van der Waals surface area contributed by atoms with Crippen LogP contribution in [0, 0.1) is 19.7 Å². The number of halogens is 1. The van der Waals surface area contributed by atoms with Crippen LogP contribution in [0.2, 0.25) is 0 Å². The van der Waals surface area contributed by atoms with Crippen molar-refractivity contribution in [3.63, 3.8) is 0 Å². The van der Waals surface area contributed by atoms with Crippen LogP contribution in [0.1, 0.15) is 58.3 Å². The quantitative estimate of drug-likeness (QED) is 0.335. The van der Waals surface area contributed by atoms with Crippen molar-refractivity contribution in [3.05, 3.63) is 94.3 Å². The van der Waals surface area contributed by atoms with Gasteiger partial charge in [-0.05, 0) is 105 Å². The van der Waals surface area contributed by atoms with Crippen LogP contribution in [-0.2, 0) is 22.4 Å². The summed E-state index contributed by atoms with van der Waals surface area (Å²) in [6.45, 7) is 5.02. The Kier molecular flexibility index (Phi) is 8.79. The largest absolute Gasteiger partial charge is 0.481 e. The molecule has 0 atom stereocenters. The van der Waals surface area contributed by atoms with Gasteiger partial charge in [-0.3, -0.25) is 9.59 Å². The number of benzene rings is 3. The molecule has 1 aliphatic rings. The van der Waals surface area contributed by atoms with Crippen molar-refractivity contribution in [2.45, 2.75) is 57.9 Å². The van der Waals surface area contributed by atoms with E-state index in [0.717, 1.165) is 16.7 Å². The lowest BCUT2D eigenvalue weighted by molar-refractivity contribution is -0.136. The minimum atomic E-state index is -0.928. The average molecular weight is 520 g/mol. The number of carboxylic acids is 1. The number of carbonyl (C=O) groups excluding carboxylic acids is 1.